The van der Waals surface area contributed by atoms with E-state index in [9.17, 15) is 13.2 Å². The number of amides is 1. The fourth-order valence-electron chi connectivity index (χ4n) is 2.82. The number of carbonyl (C=O) groups excluding carboxylic acids is 1. The number of rotatable bonds is 4. The lowest BCUT2D eigenvalue weighted by molar-refractivity contribution is 0.102. The van der Waals surface area contributed by atoms with E-state index in [-0.39, 0.29) is 10.8 Å². The van der Waals surface area contributed by atoms with Gasteiger partial charge in [-0.3, -0.25) is 4.79 Å². The summed E-state index contributed by atoms with van der Waals surface area (Å²) in [4.78, 5) is 12.6. The molecule has 0 bridgehead atoms. The molecule has 0 radical (unpaired) electrons. The Kier molecular flexibility index (Phi) is 5.75. The third kappa shape index (κ3) is 4.39. The standard InChI is InChI=1S/C18H19IN2O3S/c19-15-7-4-6-14(12-15)18(22)20-16-8-5-9-17(13-16)25(23,24)21-10-2-1-3-11-21/h4-9,12-13H,1-3,10-11H2,(H,20,22). The summed E-state index contributed by atoms with van der Waals surface area (Å²) >= 11 is 2.15. The van der Waals surface area contributed by atoms with Crippen LogP contribution in [0.25, 0.3) is 0 Å². The van der Waals surface area contributed by atoms with Crippen LogP contribution in [0.2, 0.25) is 0 Å². The van der Waals surface area contributed by atoms with Crippen molar-refractivity contribution in [2.45, 2.75) is 24.2 Å². The summed E-state index contributed by atoms with van der Waals surface area (Å²) in [5, 5.41) is 2.78. The second kappa shape index (κ2) is 7.84. The Morgan fingerprint density at radius 3 is 2.44 bits per heavy atom. The summed E-state index contributed by atoms with van der Waals surface area (Å²) in [5.41, 5.74) is 1.01. The van der Waals surface area contributed by atoms with Crippen molar-refractivity contribution in [2.24, 2.45) is 0 Å². The smallest absolute Gasteiger partial charge is 0.255 e. The molecular weight excluding hydrogens is 451 g/mol. The number of carbonyl (C=O) groups is 1. The number of piperidine rings is 1. The van der Waals surface area contributed by atoms with Crippen LogP contribution in [0.1, 0.15) is 29.6 Å². The topological polar surface area (TPSA) is 66.5 Å². The predicted octanol–water partition coefficient (Wildman–Crippen LogP) is 3.72. The molecule has 0 saturated carbocycles. The molecule has 0 aliphatic carbocycles. The highest BCUT2D eigenvalue weighted by Gasteiger charge is 2.26. The SMILES string of the molecule is O=C(Nc1cccc(S(=O)(=O)N2CCCCC2)c1)c1cccc(I)c1. The molecule has 1 aliphatic heterocycles. The Hall–Kier alpha value is -1.45. The van der Waals surface area contributed by atoms with Crippen LogP contribution in [-0.2, 0) is 10.0 Å². The van der Waals surface area contributed by atoms with Crippen LogP contribution in [0.15, 0.2) is 53.4 Å². The minimum absolute atomic E-state index is 0.217. The van der Waals surface area contributed by atoms with Crippen molar-refractivity contribution in [2.75, 3.05) is 18.4 Å². The lowest BCUT2D eigenvalue weighted by atomic mass is 10.2. The molecule has 0 atom stereocenters. The van der Waals surface area contributed by atoms with Crippen LogP contribution in [0.4, 0.5) is 5.69 Å². The van der Waals surface area contributed by atoms with E-state index < -0.39 is 10.0 Å². The molecule has 3 rings (SSSR count). The van der Waals surface area contributed by atoms with Crippen molar-refractivity contribution in [3.8, 4) is 0 Å². The maximum Gasteiger partial charge on any atom is 0.255 e. The van der Waals surface area contributed by atoms with Gasteiger partial charge in [0.25, 0.3) is 5.91 Å². The van der Waals surface area contributed by atoms with Crippen molar-refractivity contribution in [1.82, 2.24) is 4.31 Å². The molecule has 1 fully saturated rings. The van der Waals surface area contributed by atoms with Gasteiger partial charge in [0.15, 0.2) is 0 Å². The van der Waals surface area contributed by atoms with E-state index in [1.165, 1.54) is 10.4 Å². The molecule has 1 heterocycles. The van der Waals surface area contributed by atoms with Gasteiger partial charge in [0.1, 0.15) is 0 Å². The van der Waals surface area contributed by atoms with E-state index in [2.05, 4.69) is 27.9 Å². The van der Waals surface area contributed by atoms with Crippen LogP contribution < -0.4 is 5.32 Å². The van der Waals surface area contributed by atoms with Gasteiger partial charge in [-0.1, -0.05) is 18.6 Å². The van der Waals surface area contributed by atoms with Gasteiger partial charge in [-0.25, -0.2) is 8.42 Å². The lowest BCUT2D eigenvalue weighted by Gasteiger charge is -2.26. The van der Waals surface area contributed by atoms with Crippen LogP contribution in [0, 0.1) is 3.57 Å². The van der Waals surface area contributed by atoms with E-state index in [1.807, 2.05) is 12.1 Å². The van der Waals surface area contributed by atoms with Crippen molar-refractivity contribution in [3.63, 3.8) is 0 Å². The molecule has 1 N–H and O–H groups in total. The summed E-state index contributed by atoms with van der Waals surface area (Å²) in [6.45, 7) is 1.11. The van der Waals surface area contributed by atoms with E-state index in [4.69, 9.17) is 0 Å². The molecule has 1 aliphatic rings. The summed E-state index contributed by atoms with van der Waals surface area (Å²) < 4.78 is 28.0. The van der Waals surface area contributed by atoms with E-state index >= 15 is 0 Å². The second-order valence-corrected chi connectivity index (χ2v) is 9.14. The van der Waals surface area contributed by atoms with Crippen LogP contribution >= 0.6 is 22.6 Å². The number of nitrogens with one attached hydrogen (secondary N) is 1. The summed E-state index contributed by atoms with van der Waals surface area (Å²) in [6, 6.07) is 13.7. The predicted molar refractivity (Wildman–Crippen MR) is 106 cm³/mol. The monoisotopic (exact) mass is 470 g/mol. The number of halogens is 1. The molecule has 132 valence electrons. The van der Waals surface area contributed by atoms with E-state index in [0.717, 1.165) is 22.8 Å². The summed E-state index contributed by atoms with van der Waals surface area (Å²) in [7, 11) is -3.51. The molecule has 1 amide bonds. The zero-order valence-electron chi connectivity index (χ0n) is 13.6. The molecule has 2 aromatic carbocycles. The fraction of sp³-hybridized carbons (Fsp3) is 0.278. The third-order valence-electron chi connectivity index (χ3n) is 4.13. The first-order valence-electron chi connectivity index (χ1n) is 8.14. The average molecular weight is 470 g/mol. The number of sulfonamides is 1. The molecule has 5 nitrogen and oxygen atoms in total. The van der Waals surface area contributed by atoms with Crippen LogP contribution in [0.3, 0.4) is 0 Å². The molecule has 2 aromatic rings. The van der Waals surface area contributed by atoms with Gasteiger partial charge >= 0.3 is 0 Å². The quantitative estimate of drug-likeness (QED) is 0.693. The first kappa shape index (κ1) is 18.3. The maximum atomic E-state index is 12.8. The number of hydrogen-bond acceptors (Lipinski definition) is 3. The number of benzene rings is 2. The Labute approximate surface area is 161 Å². The third-order valence-corrected chi connectivity index (χ3v) is 6.70. The zero-order chi connectivity index (χ0) is 17.9. The highest BCUT2D eigenvalue weighted by molar-refractivity contribution is 14.1. The first-order valence-corrected chi connectivity index (χ1v) is 10.7. The minimum atomic E-state index is -3.51. The van der Waals surface area contributed by atoms with E-state index in [1.54, 1.807) is 30.3 Å². The van der Waals surface area contributed by atoms with Gasteiger partial charge in [-0.05, 0) is 71.8 Å². The number of anilines is 1. The van der Waals surface area contributed by atoms with Gasteiger partial charge in [0.2, 0.25) is 10.0 Å². The number of hydrogen-bond donors (Lipinski definition) is 1. The Bertz CT molecular complexity index is 877. The maximum absolute atomic E-state index is 12.8. The fourth-order valence-corrected chi connectivity index (χ4v) is 4.93. The zero-order valence-corrected chi connectivity index (χ0v) is 16.6. The Morgan fingerprint density at radius 1 is 1.00 bits per heavy atom. The first-order chi connectivity index (χ1) is 12.0. The molecule has 25 heavy (non-hydrogen) atoms. The van der Waals surface area contributed by atoms with Gasteiger partial charge in [0.05, 0.1) is 4.90 Å². The number of nitrogens with zero attached hydrogens (tertiary/aromatic N) is 1. The van der Waals surface area contributed by atoms with Gasteiger partial charge < -0.3 is 5.32 Å². The van der Waals surface area contributed by atoms with Crippen molar-refractivity contribution >= 4 is 44.2 Å². The van der Waals surface area contributed by atoms with Gasteiger partial charge in [-0.15, -0.1) is 0 Å². The Balaban J connectivity index is 1.80. The largest absolute Gasteiger partial charge is 0.322 e. The highest BCUT2D eigenvalue weighted by Crippen LogP contribution is 2.23. The van der Waals surface area contributed by atoms with Crippen molar-refractivity contribution < 1.29 is 13.2 Å². The second-order valence-electron chi connectivity index (χ2n) is 5.96. The van der Waals surface area contributed by atoms with E-state index in [0.29, 0.717) is 24.3 Å². The molecule has 0 aromatic heterocycles. The highest BCUT2D eigenvalue weighted by atomic mass is 127. The van der Waals surface area contributed by atoms with Gasteiger partial charge in [-0.2, -0.15) is 4.31 Å². The average Bonchev–Trinajstić information content (AvgIpc) is 2.62. The van der Waals surface area contributed by atoms with Crippen molar-refractivity contribution in [3.05, 3.63) is 57.7 Å². The molecule has 0 spiro atoms. The van der Waals surface area contributed by atoms with Crippen LogP contribution in [-0.4, -0.2) is 31.7 Å². The molecule has 0 unspecified atom stereocenters. The van der Waals surface area contributed by atoms with Gasteiger partial charge in [0, 0.05) is 27.9 Å². The van der Waals surface area contributed by atoms with Crippen LogP contribution in [0.5, 0.6) is 0 Å². The Morgan fingerprint density at radius 2 is 1.72 bits per heavy atom. The summed E-state index contributed by atoms with van der Waals surface area (Å²) in [6.07, 6.45) is 2.85. The molecule has 1 saturated heterocycles. The summed E-state index contributed by atoms with van der Waals surface area (Å²) in [5.74, 6) is -0.258. The minimum Gasteiger partial charge on any atom is -0.322 e. The van der Waals surface area contributed by atoms with Crippen molar-refractivity contribution in [1.29, 1.82) is 0 Å². The molecular formula is C18H19IN2O3S. The normalized spacial score (nSPS) is 15.7. The lowest BCUT2D eigenvalue weighted by Crippen LogP contribution is -2.35. The molecule has 7 heteroatoms.